The van der Waals surface area contributed by atoms with Crippen molar-refractivity contribution in [1.82, 2.24) is 10.2 Å². The fourth-order valence-corrected chi connectivity index (χ4v) is 6.11. The summed E-state index contributed by atoms with van der Waals surface area (Å²) in [6.07, 6.45) is 0.352. The predicted octanol–water partition coefficient (Wildman–Crippen LogP) is 5.87. The molecule has 0 aromatic heterocycles. The fraction of sp³-hybridized carbons (Fsp3) is 0.355. The van der Waals surface area contributed by atoms with Crippen molar-refractivity contribution in [3.8, 4) is 0 Å². The summed E-state index contributed by atoms with van der Waals surface area (Å²) in [6, 6.07) is 19.9. The molecule has 1 N–H and O–H groups in total. The lowest BCUT2D eigenvalue weighted by Gasteiger charge is -2.35. The van der Waals surface area contributed by atoms with Crippen LogP contribution >= 0.6 is 11.6 Å². The molecule has 0 saturated heterocycles. The molecule has 1 atom stereocenters. The quantitative estimate of drug-likeness (QED) is 0.323. The van der Waals surface area contributed by atoms with Gasteiger partial charge in [-0.3, -0.25) is 13.9 Å². The molecule has 0 aliphatic carbocycles. The van der Waals surface area contributed by atoms with E-state index in [-0.39, 0.29) is 17.3 Å². The van der Waals surface area contributed by atoms with Crippen LogP contribution in [0.2, 0.25) is 5.02 Å². The van der Waals surface area contributed by atoms with Crippen molar-refractivity contribution in [1.29, 1.82) is 0 Å². The van der Waals surface area contributed by atoms with E-state index in [1.807, 2.05) is 65.0 Å². The number of amides is 2. The van der Waals surface area contributed by atoms with Gasteiger partial charge in [0.2, 0.25) is 11.8 Å². The van der Waals surface area contributed by atoms with Gasteiger partial charge in [-0.2, -0.15) is 0 Å². The van der Waals surface area contributed by atoms with Crippen LogP contribution in [0, 0.1) is 13.8 Å². The number of anilines is 1. The molecule has 0 heterocycles. The van der Waals surface area contributed by atoms with E-state index >= 15 is 0 Å². The highest BCUT2D eigenvalue weighted by Gasteiger charge is 2.35. The Balaban J connectivity index is 2.09. The maximum absolute atomic E-state index is 14.1. The largest absolute Gasteiger partial charge is 0.350 e. The van der Waals surface area contributed by atoms with Crippen LogP contribution in [0.1, 0.15) is 50.8 Å². The van der Waals surface area contributed by atoms with Gasteiger partial charge < -0.3 is 10.2 Å². The molecule has 3 aromatic rings. The zero-order valence-electron chi connectivity index (χ0n) is 23.9. The number of halogens is 1. The first kappa shape index (κ1) is 31.2. The zero-order valence-corrected chi connectivity index (χ0v) is 25.5. The monoisotopic (exact) mass is 583 g/mol. The van der Waals surface area contributed by atoms with E-state index in [0.29, 0.717) is 22.7 Å². The summed E-state index contributed by atoms with van der Waals surface area (Å²) in [5.41, 5.74) is 2.17. The van der Waals surface area contributed by atoms with Crippen molar-refractivity contribution >= 4 is 39.1 Å². The molecule has 9 heteroatoms. The lowest BCUT2D eigenvalue weighted by molar-refractivity contribution is -0.141. The van der Waals surface area contributed by atoms with E-state index in [4.69, 9.17) is 11.6 Å². The van der Waals surface area contributed by atoms with Gasteiger partial charge in [0.05, 0.1) is 10.6 Å². The second-order valence-corrected chi connectivity index (χ2v) is 13.2. The van der Waals surface area contributed by atoms with Crippen molar-refractivity contribution in [3.05, 3.63) is 94.5 Å². The molecule has 0 aliphatic rings. The second-order valence-electron chi connectivity index (χ2n) is 10.9. The molecule has 214 valence electrons. The Bertz CT molecular complexity index is 1440. The standard InChI is InChI=1S/C31H38ClN3O4S/c1-7-27(30(37)33-31(4,5)6)34(20-24-11-9-8-10-12-24)29(36)21-35(28-18-15-25(32)19-23(28)3)40(38,39)26-16-13-22(2)14-17-26/h8-19,27H,7,20-21H2,1-6H3,(H,33,37)/t27-/m1/s1. The number of hydrogen-bond acceptors (Lipinski definition) is 4. The molecule has 0 aliphatic heterocycles. The molecule has 0 saturated carbocycles. The van der Waals surface area contributed by atoms with Gasteiger partial charge in [0.25, 0.3) is 10.0 Å². The van der Waals surface area contributed by atoms with Gasteiger partial charge in [-0.15, -0.1) is 0 Å². The third-order valence-corrected chi connectivity index (χ3v) is 8.40. The van der Waals surface area contributed by atoms with Crippen LogP contribution in [0.25, 0.3) is 0 Å². The summed E-state index contributed by atoms with van der Waals surface area (Å²) in [5, 5.41) is 3.43. The van der Waals surface area contributed by atoms with Crippen molar-refractivity contribution in [2.45, 2.75) is 71.0 Å². The summed E-state index contributed by atoms with van der Waals surface area (Å²) in [4.78, 5) is 29.0. The van der Waals surface area contributed by atoms with Crippen LogP contribution < -0.4 is 9.62 Å². The number of aryl methyl sites for hydroxylation is 2. The van der Waals surface area contributed by atoms with Crippen molar-refractivity contribution in [3.63, 3.8) is 0 Å². The first-order chi connectivity index (χ1) is 18.7. The number of carbonyl (C=O) groups excluding carboxylic acids is 2. The van der Waals surface area contributed by atoms with Gasteiger partial charge in [-0.1, -0.05) is 66.6 Å². The summed E-state index contributed by atoms with van der Waals surface area (Å²) in [5.74, 6) is -0.792. The lowest BCUT2D eigenvalue weighted by Crippen LogP contribution is -2.55. The van der Waals surface area contributed by atoms with Crippen LogP contribution in [0.3, 0.4) is 0 Å². The van der Waals surface area contributed by atoms with Crippen molar-refractivity contribution < 1.29 is 18.0 Å². The van der Waals surface area contributed by atoms with Gasteiger partial charge in [-0.05, 0) is 82.5 Å². The minimum absolute atomic E-state index is 0.0624. The summed E-state index contributed by atoms with van der Waals surface area (Å²) < 4.78 is 29.1. The van der Waals surface area contributed by atoms with Crippen molar-refractivity contribution in [2.24, 2.45) is 0 Å². The minimum Gasteiger partial charge on any atom is -0.350 e. The van der Waals surface area contributed by atoms with Gasteiger partial charge in [0, 0.05) is 17.1 Å². The first-order valence-corrected chi connectivity index (χ1v) is 15.1. The number of carbonyl (C=O) groups is 2. The molecule has 0 spiro atoms. The lowest BCUT2D eigenvalue weighted by atomic mass is 10.1. The molecule has 2 amide bonds. The van der Waals surface area contributed by atoms with Gasteiger partial charge >= 0.3 is 0 Å². The summed E-state index contributed by atoms with van der Waals surface area (Å²) in [6.45, 7) is 10.7. The first-order valence-electron chi connectivity index (χ1n) is 13.2. The number of sulfonamides is 1. The smallest absolute Gasteiger partial charge is 0.264 e. The van der Waals surface area contributed by atoms with E-state index in [9.17, 15) is 18.0 Å². The third kappa shape index (κ3) is 7.86. The highest BCUT2D eigenvalue weighted by atomic mass is 35.5. The Labute approximate surface area is 243 Å². The maximum Gasteiger partial charge on any atom is 0.264 e. The molecule has 0 bridgehead atoms. The zero-order chi connectivity index (χ0) is 29.7. The third-order valence-electron chi connectivity index (χ3n) is 6.40. The number of hydrogen-bond donors (Lipinski definition) is 1. The maximum atomic E-state index is 14.1. The molecule has 0 fully saturated rings. The Hall–Kier alpha value is -3.36. The number of nitrogens with one attached hydrogen (secondary N) is 1. The highest BCUT2D eigenvalue weighted by Crippen LogP contribution is 2.29. The number of benzene rings is 3. The normalized spacial score (nSPS) is 12.5. The van der Waals surface area contributed by atoms with E-state index in [2.05, 4.69) is 5.32 Å². The molecule has 0 unspecified atom stereocenters. The van der Waals surface area contributed by atoms with Crippen LogP contribution in [-0.4, -0.2) is 43.3 Å². The SMILES string of the molecule is CC[C@H](C(=O)NC(C)(C)C)N(Cc1ccccc1)C(=O)CN(c1ccc(Cl)cc1C)S(=O)(=O)c1ccc(C)cc1. The fourth-order valence-electron chi connectivity index (χ4n) is 4.40. The van der Waals surface area contributed by atoms with Crippen molar-refractivity contribution in [2.75, 3.05) is 10.8 Å². The van der Waals surface area contributed by atoms with E-state index in [0.717, 1.165) is 15.4 Å². The van der Waals surface area contributed by atoms with Gasteiger partial charge in [0.15, 0.2) is 0 Å². The van der Waals surface area contributed by atoms with Gasteiger partial charge in [0.1, 0.15) is 12.6 Å². The van der Waals surface area contributed by atoms with Gasteiger partial charge in [-0.25, -0.2) is 8.42 Å². The number of nitrogens with zero attached hydrogens (tertiary/aromatic N) is 2. The Kier molecular flexibility index (Phi) is 10.0. The van der Waals surface area contributed by atoms with Crippen LogP contribution in [0.5, 0.6) is 0 Å². The molecule has 3 aromatic carbocycles. The molecule has 40 heavy (non-hydrogen) atoms. The summed E-state index contributed by atoms with van der Waals surface area (Å²) in [7, 11) is -4.15. The molecular formula is C31H38ClN3O4S. The predicted molar refractivity (Wildman–Crippen MR) is 161 cm³/mol. The average Bonchev–Trinajstić information content (AvgIpc) is 2.87. The van der Waals surface area contributed by atoms with Crippen LogP contribution in [-0.2, 0) is 26.2 Å². The van der Waals surface area contributed by atoms with Crippen LogP contribution in [0.15, 0.2) is 77.7 Å². The topological polar surface area (TPSA) is 86.8 Å². The summed E-state index contributed by atoms with van der Waals surface area (Å²) >= 11 is 6.18. The average molecular weight is 584 g/mol. The second kappa shape index (κ2) is 12.9. The van der Waals surface area contributed by atoms with Crippen LogP contribution in [0.4, 0.5) is 5.69 Å². The Morgan fingerprint density at radius 3 is 2.12 bits per heavy atom. The van der Waals surface area contributed by atoms with E-state index < -0.39 is 34.1 Å². The molecule has 7 nitrogen and oxygen atoms in total. The highest BCUT2D eigenvalue weighted by molar-refractivity contribution is 7.92. The van der Waals surface area contributed by atoms with E-state index in [1.54, 1.807) is 37.3 Å². The Morgan fingerprint density at radius 2 is 1.57 bits per heavy atom. The molecule has 0 radical (unpaired) electrons. The Morgan fingerprint density at radius 1 is 0.950 bits per heavy atom. The molecular weight excluding hydrogens is 546 g/mol. The van der Waals surface area contributed by atoms with E-state index in [1.165, 1.54) is 17.0 Å². The minimum atomic E-state index is -4.15. The number of rotatable bonds is 10. The molecule has 3 rings (SSSR count).